The first-order chi connectivity index (χ1) is 19.4. The third-order valence-electron chi connectivity index (χ3n) is 7.29. The molecule has 3 aromatic rings. The zero-order valence-corrected chi connectivity index (χ0v) is 23.0. The number of halogens is 3. The molecule has 218 valence electrons. The lowest BCUT2D eigenvalue weighted by atomic mass is 9.92. The normalized spacial score (nSPS) is 15.5. The molecule has 0 aromatic heterocycles. The highest BCUT2D eigenvalue weighted by molar-refractivity contribution is 7.92. The molecule has 11 heteroatoms. The van der Waals surface area contributed by atoms with Crippen LogP contribution in [0.3, 0.4) is 0 Å². The van der Waals surface area contributed by atoms with E-state index < -0.39 is 27.6 Å². The van der Waals surface area contributed by atoms with Crippen LogP contribution in [0.2, 0.25) is 0 Å². The molecule has 7 nitrogen and oxygen atoms in total. The number of alkyl halides is 3. The number of carboxylic acid groups (broad SMARTS) is 1. The summed E-state index contributed by atoms with van der Waals surface area (Å²) in [6.07, 6.45) is 1.55. The van der Waals surface area contributed by atoms with Gasteiger partial charge in [0, 0.05) is 12.2 Å². The van der Waals surface area contributed by atoms with Crippen molar-refractivity contribution in [1.82, 2.24) is 5.32 Å². The third-order valence-corrected chi connectivity index (χ3v) is 8.67. The van der Waals surface area contributed by atoms with Crippen LogP contribution in [0.25, 0.3) is 0 Å². The van der Waals surface area contributed by atoms with E-state index in [4.69, 9.17) is 9.90 Å². The van der Waals surface area contributed by atoms with E-state index in [-0.39, 0.29) is 5.91 Å². The van der Waals surface area contributed by atoms with Crippen LogP contribution in [0.1, 0.15) is 47.9 Å². The molecule has 0 heterocycles. The first-order valence-corrected chi connectivity index (χ1v) is 14.8. The van der Waals surface area contributed by atoms with Crippen molar-refractivity contribution in [3.8, 4) is 0 Å². The van der Waals surface area contributed by atoms with Gasteiger partial charge < -0.3 is 10.4 Å². The molecular formula is C30H31F3N2O5S. The maximum Gasteiger partial charge on any atom is 0.490 e. The highest BCUT2D eigenvalue weighted by atomic mass is 32.2. The quantitative estimate of drug-likeness (QED) is 0.327. The number of carbonyl (C=O) groups excluding carboxylic acids is 1. The predicted molar refractivity (Wildman–Crippen MR) is 148 cm³/mol. The van der Waals surface area contributed by atoms with Gasteiger partial charge in [-0.05, 0) is 91.5 Å². The van der Waals surface area contributed by atoms with Crippen LogP contribution >= 0.6 is 0 Å². The van der Waals surface area contributed by atoms with Crippen molar-refractivity contribution < 1.29 is 36.3 Å². The molecule has 1 amide bonds. The molecule has 2 aliphatic carbocycles. The molecule has 0 bridgehead atoms. The van der Waals surface area contributed by atoms with Gasteiger partial charge in [0.05, 0.1) is 10.3 Å². The number of aryl methyl sites for hydroxylation is 2. The van der Waals surface area contributed by atoms with Crippen LogP contribution in [0.15, 0.2) is 77.7 Å². The average Bonchev–Trinajstić information content (AvgIpc) is 3.76. The number of amides is 1. The number of carboxylic acids is 1. The van der Waals surface area contributed by atoms with E-state index in [1.165, 1.54) is 11.1 Å². The Morgan fingerprint density at radius 2 is 1.49 bits per heavy atom. The van der Waals surface area contributed by atoms with Gasteiger partial charge in [0.15, 0.2) is 0 Å². The topological polar surface area (TPSA) is 113 Å². The lowest BCUT2D eigenvalue weighted by Crippen LogP contribution is -2.35. The molecule has 0 atom stereocenters. The lowest BCUT2D eigenvalue weighted by molar-refractivity contribution is -0.192. The molecule has 0 spiro atoms. The Kier molecular flexibility index (Phi) is 9.06. The first kappa shape index (κ1) is 30.1. The van der Waals surface area contributed by atoms with Gasteiger partial charge in [0.1, 0.15) is 0 Å². The van der Waals surface area contributed by atoms with Crippen molar-refractivity contribution in [3.63, 3.8) is 0 Å². The Balaban J connectivity index is 0.000000493. The second-order valence-electron chi connectivity index (χ2n) is 10.2. The molecule has 3 N–H and O–H groups in total. The van der Waals surface area contributed by atoms with E-state index >= 15 is 0 Å². The van der Waals surface area contributed by atoms with Crippen molar-refractivity contribution in [2.75, 3.05) is 11.3 Å². The maximum atomic E-state index is 12.9. The fraction of sp³-hybridized carbons (Fsp3) is 0.333. The van der Waals surface area contributed by atoms with Crippen LogP contribution in [0, 0.1) is 0 Å². The molecule has 0 aliphatic heterocycles. The molecule has 41 heavy (non-hydrogen) atoms. The van der Waals surface area contributed by atoms with Gasteiger partial charge in [-0.1, -0.05) is 48.5 Å². The van der Waals surface area contributed by atoms with Crippen LogP contribution in [-0.4, -0.2) is 38.1 Å². The van der Waals surface area contributed by atoms with Crippen LogP contribution in [0.5, 0.6) is 0 Å². The Morgan fingerprint density at radius 1 is 0.878 bits per heavy atom. The zero-order chi connectivity index (χ0) is 29.7. The minimum atomic E-state index is -5.08. The molecular weight excluding hydrogens is 557 g/mol. The predicted octanol–water partition coefficient (Wildman–Crippen LogP) is 5.39. The van der Waals surface area contributed by atoms with Gasteiger partial charge in [0.2, 0.25) is 5.91 Å². The van der Waals surface area contributed by atoms with E-state index in [9.17, 15) is 26.4 Å². The van der Waals surface area contributed by atoms with Crippen molar-refractivity contribution >= 4 is 27.6 Å². The highest BCUT2D eigenvalue weighted by Crippen LogP contribution is 2.48. The maximum absolute atomic E-state index is 12.9. The number of fused-ring (bicyclic) bond motifs is 1. The van der Waals surface area contributed by atoms with Gasteiger partial charge in [0.25, 0.3) is 10.0 Å². The van der Waals surface area contributed by atoms with Gasteiger partial charge in [-0.2, -0.15) is 13.2 Å². The minimum Gasteiger partial charge on any atom is -0.475 e. The number of hydrogen-bond donors (Lipinski definition) is 3. The Hall–Kier alpha value is -3.86. The number of rotatable bonds is 8. The molecule has 2 aliphatic rings. The summed E-state index contributed by atoms with van der Waals surface area (Å²) in [6, 6.07) is 22.8. The summed E-state index contributed by atoms with van der Waals surface area (Å²) in [7, 11) is -3.66. The van der Waals surface area contributed by atoms with Crippen molar-refractivity contribution in [1.29, 1.82) is 0 Å². The number of nitrogens with one attached hydrogen (secondary N) is 2. The molecule has 0 unspecified atom stereocenters. The summed E-state index contributed by atoms with van der Waals surface area (Å²) in [4.78, 5) is 22.1. The van der Waals surface area contributed by atoms with Gasteiger partial charge >= 0.3 is 12.1 Å². The number of sulfonamides is 1. The van der Waals surface area contributed by atoms with Crippen LogP contribution < -0.4 is 10.0 Å². The smallest absolute Gasteiger partial charge is 0.475 e. The fourth-order valence-corrected chi connectivity index (χ4v) is 5.96. The molecule has 0 saturated heterocycles. The number of benzene rings is 3. The second-order valence-corrected chi connectivity index (χ2v) is 11.9. The zero-order valence-electron chi connectivity index (χ0n) is 22.2. The Morgan fingerprint density at radius 3 is 2.07 bits per heavy atom. The monoisotopic (exact) mass is 588 g/mol. The van der Waals surface area contributed by atoms with Gasteiger partial charge in [-0.3, -0.25) is 9.52 Å². The van der Waals surface area contributed by atoms with Crippen molar-refractivity contribution in [2.45, 2.75) is 61.4 Å². The number of hydrogen-bond acceptors (Lipinski definition) is 4. The molecule has 3 aromatic carbocycles. The molecule has 1 saturated carbocycles. The third kappa shape index (κ3) is 7.66. The largest absolute Gasteiger partial charge is 0.490 e. The van der Waals surface area contributed by atoms with E-state index in [2.05, 4.69) is 22.2 Å². The minimum absolute atomic E-state index is 0.0471. The summed E-state index contributed by atoms with van der Waals surface area (Å²) in [5.41, 5.74) is 4.53. The standard InChI is InChI=1S/C28H30N2O3S.C2HF3O2/c31-27(29-19-16-21-6-2-1-3-7-21)28(17-18-28)24-11-13-25(14-12-24)30-34(32,33)26-15-10-22-8-4-5-9-23(22)20-26;3-2(4,5)1(6)7/h1-3,6-7,10-15,20,30H,4-5,8-9,16-19H2,(H,29,31);(H,6,7). The summed E-state index contributed by atoms with van der Waals surface area (Å²) < 4.78 is 60.3. The van der Waals surface area contributed by atoms with Crippen molar-refractivity contribution in [2.24, 2.45) is 0 Å². The number of aliphatic carboxylic acids is 1. The highest BCUT2D eigenvalue weighted by Gasteiger charge is 2.51. The molecule has 0 radical (unpaired) electrons. The molecule has 5 rings (SSSR count). The van der Waals surface area contributed by atoms with E-state index in [0.29, 0.717) is 17.1 Å². The summed E-state index contributed by atoms with van der Waals surface area (Å²) in [5.74, 6) is -2.71. The van der Waals surface area contributed by atoms with Crippen LogP contribution in [-0.2, 0) is 44.3 Å². The van der Waals surface area contributed by atoms with E-state index in [0.717, 1.165) is 56.1 Å². The lowest BCUT2D eigenvalue weighted by Gasteiger charge is -2.18. The number of anilines is 1. The van der Waals surface area contributed by atoms with Gasteiger partial charge in [-0.25, -0.2) is 13.2 Å². The fourth-order valence-electron chi connectivity index (χ4n) is 4.85. The number of carbonyl (C=O) groups is 2. The van der Waals surface area contributed by atoms with Gasteiger partial charge in [-0.15, -0.1) is 0 Å². The second kappa shape index (κ2) is 12.3. The summed E-state index contributed by atoms with van der Waals surface area (Å²) in [5, 5.41) is 10.2. The van der Waals surface area contributed by atoms with Crippen LogP contribution in [0.4, 0.5) is 18.9 Å². The van der Waals surface area contributed by atoms with Crippen molar-refractivity contribution in [3.05, 3.63) is 95.1 Å². The average molecular weight is 589 g/mol. The SMILES string of the molecule is O=C(NCCc1ccccc1)C1(c2ccc(NS(=O)(=O)c3ccc4c(c3)CCCC4)cc2)CC1.O=C(O)C(F)(F)F. The molecule has 1 fully saturated rings. The van der Waals surface area contributed by atoms with E-state index in [1.54, 1.807) is 18.2 Å². The Labute approximate surface area is 236 Å². The van der Waals surface area contributed by atoms with E-state index in [1.807, 2.05) is 42.5 Å². The Bertz CT molecular complexity index is 1490. The summed E-state index contributed by atoms with van der Waals surface area (Å²) in [6.45, 7) is 0.600. The first-order valence-electron chi connectivity index (χ1n) is 13.3. The summed E-state index contributed by atoms with van der Waals surface area (Å²) >= 11 is 0.